The minimum Gasteiger partial charge on any atom is -0.481 e. The van der Waals surface area contributed by atoms with Gasteiger partial charge in [-0.05, 0) is 36.0 Å². The van der Waals surface area contributed by atoms with Crippen LogP contribution in [0.5, 0.6) is 0 Å². The van der Waals surface area contributed by atoms with Gasteiger partial charge in [-0.2, -0.15) is 0 Å². The SMILES string of the molecule is CC(C)CC(C(=O)O)C(C)CC(=O)Cc1ccc(Br)cc1. The molecule has 1 aromatic rings. The second-order valence-electron chi connectivity index (χ2n) is 6.10. The van der Waals surface area contributed by atoms with Gasteiger partial charge < -0.3 is 5.11 Å². The van der Waals surface area contributed by atoms with E-state index in [1.807, 2.05) is 45.0 Å². The topological polar surface area (TPSA) is 54.4 Å². The summed E-state index contributed by atoms with van der Waals surface area (Å²) in [7, 11) is 0. The normalized spacial score (nSPS) is 14.0. The summed E-state index contributed by atoms with van der Waals surface area (Å²) in [6, 6.07) is 7.64. The highest BCUT2D eigenvalue weighted by atomic mass is 79.9. The highest BCUT2D eigenvalue weighted by Gasteiger charge is 2.27. The molecule has 2 unspecified atom stereocenters. The maximum atomic E-state index is 12.1. The first-order valence-electron chi connectivity index (χ1n) is 7.28. The Morgan fingerprint density at radius 1 is 1.14 bits per heavy atom. The fourth-order valence-corrected chi connectivity index (χ4v) is 2.75. The van der Waals surface area contributed by atoms with Crippen LogP contribution in [0.2, 0.25) is 0 Å². The third-order valence-electron chi connectivity index (χ3n) is 3.59. The first-order valence-corrected chi connectivity index (χ1v) is 8.07. The maximum absolute atomic E-state index is 12.1. The second kappa shape index (κ2) is 8.32. The molecule has 0 saturated carbocycles. The molecule has 0 saturated heterocycles. The summed E-state index contributed by atoms with van der Waals surface area (Å²) in [5.41, 5.74) is 0.964. The monoisotopic (exact) mass is 354 g/mol. The molecule has 0 aromatic heterocycles. The lowest BCUT2D eigenvalue weighted by Gasteiger charge is -2.21. The van der Waals surface area contributed by atoms with Crippen molar-refractivity contribution in [1.82, 2.24) is 0 Å². The molecule has 0 aliphatic rings. The first kappa shape index (κ1) is 17.9. The van der Waals surface area contributed by atoms with Gasteiger partial charge in [-0.25, -0.2) is 0 Å². The third-order valence-corrected chi connectivity index (χ3v) is 4.12. The van der Waals surface area contributed by atoms with Crippen LogP contribution in [-0.4, -0.2) is 16.9 Å². The van der Waals surface area contributed by atoms with Crippen LogP contribution in [0.3, 0.4) is 0 Å². The Kier molecular flexibility index (Phi) is 7.09. The molecule has 0 fully saturated rings. The van der Waals surface area contributed by atoms with Crippen LogP contribution < -0.4 is 0 Å². The second-order valence-corrected chi connectivity index (χ2v) is 7.01. The molecule has 0 amide bonds. The average molecular weight is 355 g/mol. The van der Waals surface area contributed by atoms with Gasteiger partial charge in [0.25, 0.3) is 0 Å². The molecule has 2 atom stereocenters. The molecule has 0 bridgehead atoms. The van der Waals surface area contributed by atoms with Crippen LogP contribution in [0.4, 0.5) is 0 Å². The molecule has 1 aromatic carbocycles. The zero-order valence-electron chi connectivity index (χ0n) is 12.8. The molecule has 3 nitrogen and oxygen atoms in total. The van der Waals surface area contributed by atoms with Crippen molar-refractivity contribution in [2.45, 2.75) is 40.0 Å². The number of carbonyl (C=O) groups excluding carboxylic acids is 1. The van der Waals surface area contributed by atoms with Gasteiger partial charge in [-0.15, -0.1) is 0 Å². The Balaban J connectivity index is 2.59. The van der Waals surface area contributed by atoms with Crippen molar-refractivity contribution in [2.75, 3.05) is 0 Å². The van der Waals surface area contributed by atoms with E-state index in [4.69, 9.17) is 0 Å². The van der Waals surface area contributed by atoms with E-state index in [9.17, 15) is 14.7 Å². The number of aliphatic carboxylic acids is 1. The Bertz CT molecular complexity index is 479. The summed E-state index contributed by atoms with van der Waals surface area (Å²) in [5, 5.41) is 9.31. The van der Waals surface area contributed by atoms with E-state index in [1.165, 1.54) is 0 Å². The summed E-state index contributed by atoms with van der Waals surface area (Å²) in [6.07, 6.45) is 1.30. The minimum absolute atomic E-state index is 0.0971. The Morgan fingerprint density at radius 3 is 2.19 bits per heavy atom. The summed E-state index contributed by atoms with van der Waals surface area (Å²) in [4.78, 5) is 23.5. The lowest BCUT2D eigenvalue weighted by molar-refractivity contribution is -0.144. The van der Waals surface area contributed by atoms with Gasteiger partial charge in [0.05, 0.1) is 5.92 Å². The molecule has 0 aliphatic carbocycles. The number of ketones is 1. The summed E-state index contributed by atoms with van der Waals surface area (Å²) >= 11 is 3.36. The van der Waals surface area contributed by atoms with E-state index in [1.54, 1.807) is 0 Å². The number of carbonyl (C=O) groups is 2. The van der Waals surface area contributed by atoms with E-state index in [-0.39, 0.29) is 11.7 Å². The lowest BCUT2D eigenvalue weighted by Crippen LogP contribution is -2.25. The fourth-order valence-electron chi connectivity index (χ4n) is 2.49. The van der Waals surface area contributed by atoms with E-state index < -0.39 is 11.9 Å². The average Bonchev–Trinajstić information content (AvgIpc) is 2.38. The predicted octanol–water partition coefficient (Wildman–Crippen LogP) is 4.33. The zero-order valence-corrected chi connectivity index (χ0v) is 14.4. The van der Waals surface area contributed by atoms with E-state index >= 15 is 0 Å². The maximum Gasteiger partial charge on any atom is 0.306 e. The molecule has 21 heavy (non-hydrogen) atoms. The van der Waals surface area contributed by atoms with Crippen molar-refractivity contribution in [2.24, 2.45) is 17.8 Å². The van der Waals surface area contributed by atoms with Crippen LogP contribution in [0.25, 0.3) is 0 Å². The van der Waals surface area contributed by atoms with Crippen molar-refractivity contribution in [3.05, 3.63) is 34.3 Å². The van der Waals surface area contributed by atoms with E-state index in [2.05, 4.69) is 15.9 Å². The summed E-state index contributed by atoms with van der Waals surface area (Å²) < 4.78 is 0.981. The quantitative estimate of drug-likeness (QED) is 0.755. The van der Waals surface area contributed by atoms with Crippen molar-refractivity contribution in [3.8, 4) is 0 Å². The Morgan fingerprint density at radius 2 is 1.71 bits per heavy atom. The largest absolute Gasteiger partial charge is 0.481 e. The number of benzene rings is 1. The van der Waals surface area contributed by atoms with Gasteiger partial charge in [-0.1, -0.05) is 48.8 Å². The molecule has 1 N–H and O–H groups in total. The third kappa shape index (κ3) is 6.42. The smallest absolute Gasteiger partial charge is 0.306 e. The first-order chi connectivity index (χ1) is 9.79. The number of carboxylic acid groups (broad SMARTS) is 1. The Hall–Kier alpha value is -1.16. The number of Topliss-reactive ketones (excluding diaryl/α,β-unsaturated/α-hetero) is 1. The van der Waals surface area contributed by atoms with Crippen LogP contribution >= 0.6 is 15.9 Å². The highest BCUT2D eigenvalue weighted by Crippen LogP contribution is 2.24. The van der Waals surface area contributed by atoms with Crippen LogP contribution in [-0.2, 0) is 16.0 Å². The zero-order chi connectivity index (χ0) is 16.0. The fraction of sp³-hybridized carbons (Fsp3) is 0.529. The molecule has 4 heteroatoms. The molecule has 1 rings (SSSR count). The highest BCUT2D eigenvalue weighted by molar-refractivity contribution is 9.10. The summed E-state index contributed by atoms with van der Waals surface area (Å²) in [5.74, 6) is -0.964. The van der Waals surface area contributed by atoms with Crippen molar-refractivity contribution >= 4 is 27.7 Å². The van der Waals surface area contributed by atoms with Crippen molar-refractivity contribution in [1.29, 1.82) is 0 Å². The van der Waals surface area contributed by atoms with Crippen molar-refractivity contribution < 1.29 is 14.7 Å². The molecule has 116 valence electrons. The van der Waals surface area contributed by atoms with Crippen LogP contribution in [0, 0.1) is 17.8 Å². The lowest BCUT2D eigenvalue weighted by atomic mass is 9.83. The van der Waals surface area contributed by atoms with Gasteiger partial charge in [0, 0.05) is 17.3 Å². The predicted molar refractivity (Wildman–Crippen MR) is 87.2 cm³/mol. The van der Waals surface area contributed by atoms with Crippen LogP contribution in [0.1, 0.15) is 39.2 Å². The standard InChI is InChI=1S/C17H23BrO3/c1-11(2)8-16(17(20)21)12(3)9-15(19)10-13-4-6-14(18)7-5-13/h4-7,11-12,16H,8-10H2,1-3H3,(H,20,21). The van der Waals surface area contributed by atoms with Gasteiger partial charge in [0.2, 0.25) is 0 Å². The van der Waals surface area contributed by atoms with Crippen LogP contribution in [0.15, 0.2) is 28.7 Å². The summed E-state index contributed by atoms with van der Waals surface area (Å²) in [6.45, 7) is 5.87. The van der Waals surface area contributed by atoms with Gasteiger partial charge in [-0.3, -0.25) is 9.59 Å². The number of carboxylic acids is 1. The van der Waals surface area contributed by atoms with Gasteiger partial charge >= 0.3 is 5.97 Å². The molecule has 0 radical (unpaired) electrons. The number of hydrogen-bond acceptors (Lipinski definition) is 2. The molecule has 0 spiro atoms. The molecular formula is C17H23BrO3. The van der Waals surface area contributed by atoms with E-state index in [0.29, 0.717) is 25.2 Å². The number of halogens is 1. The number of rotatable bonds is 8. The molecular weight excluding hydrogens is 332 g/mol. The molecule has 0 aliphatic heterocycles. The van der Waals surface area contributed by atoms with Crippen molar-refractivity contribution in [3.63, 3.8) is 0 Å². The number of hydrogen-bond donors (Lipinski definition) is 1. The molecule has 0 heterocycles. The minimum atomic E-state index is -0.798. The van der Waals surface area contributed by atoms with Gasteiger partial charge in [0.15, 0.2) is 0 Å². The van der Waals surface area contributed by atoms with Gasteiger partial charge in [0.1, 0.15) is 5.78 Å². The van der Waals surface area contributed by atoms with E-state index in [0.717, 1.165) is 10.0 Å². The Labute approximate surface area is 134 Å².